The van der Waals surface area contributed by atoms with E-state index in [1.54, 1.807) is 0 Å². The average Bonchev–Trinajstić information content (AvgIpc) is 2.80. The standard InChI is InChI=1S/C14H28N6S.HI/c1-6-11(2)17-14(15-8-7-9-21-5)16-10-13-19-18-12(3)20(13)4;/h11H,6-10H2,1-5H3,(H2,15,16,17);1H. The number of rotatable bonds is 8. The number of thioether (sulfide) groups is 1. The lowest BCUT2D eigenvalue weighted by Crippen LogP contribution is -2.42. The molecule has 0 amide bonds. The van der Waals surface area contributed by atoms with Gasteiger partial charge < -0.3 is 15.2 Å². The van der Waals surface area contributed by atoms with Gasteiger partial charge in [0.1, 0.15) is 12.4 Å². The van der Waals surface area contributed by atoms with E-state index >= 15 is 0 Å². The first-order valence-electron chi connectivity index (χ1n) is 7.47. The minimum absolute atomic E-state index is 0. The third-order valence-electron chi connectivity index (χ3n) is 3.37. The van der Waals surface area contributed by atoms with Crippen molar-refractivity contribution < 1.29 is 0 Å². The number of aryl methyl sites for hydroxylation is 1. The molecule has 2 N–H and O–H groups in total. The Hall–Kier alpha value is -0.510. The summed E-state index contributed by atoms with van der Waals surface area (Å²) in [5.41, 5.74) is 0. The highest BCUT2D eigenvalue weighted by molar-refractivity contribution is 14.0. The number of guanidine groups is 1. The highest BCUT2D eigenvalue weighted by atomic mass is 127. The van der Waals surface area contributed by atoms with E-state index in [2.05, 4.69) is 45.9 Å². The van der Waals surface area contributed by atoms with Crippen LogP contribution in [-0.4, -0.2) is 45.3 Å². The van der Waals surface area contributed by atoms with Crippen LogP contribution in [0.25, 0.3) is 0 Å². The highest BCUT2D eigenvalue weighted by Crippen LogP contribution is 2.00. The second-order valence-electron chi connectivity index (χ2n) is 5.11. The Morgan fingerprint density at radius 1 is 1.41 bits per heavy atom. The molecule has 0 aliphatic heterocycles. The number of aliphatic imine (C=N–C) groups is 1. The molecule has 1 heterocycles. The van der Waals surface area contributed by atoms with E-state index in [4.69, 9.17) is 0 Å². The molecule has 22 heavy (non-hydrogen) atoms. The van der Waals surface area contributed by atoms with Crippen LogP contribution in [0, 0.1) is 6.92 Å². The van der Waals surface area contributed by atoms with Gasteiger partial charge in [-0.15, -0.1) is 34.2 Å². The lowest BCUT2D eigenvalue weighted by atomic mass is 10.3. The normalized spacial score (nSPS) is 12.7. The van der Waals surface area contributed by atoms with Crippen molar-refractivity contribution in [1.82, 2.24) is 25.4 Å². The molecular weight excluding hydrogens is 411 g/mol. The highest BCUT2D eigenvalue weighted by Gasteiger charge is 2.06. The number of aromatic nitrogens is 3. The Labute approximate surface area is 155 Å². The summed E-state index contributed by atoms with van der Waals surface area (Å²) in [4.78, 5) is 4.62. The molecule has 0 saturated heterocycles. The van der Waals surface area contributed by atoms with Crippen LogP contribution in [0.3, 0.4) is 0 Å². The number of hydrogen-bond acceptors (Lipinski definition) is 4. The van der Waals surface area contributed by atoms with Gasteiger partial charge in [-0.2, -0.15) is 11.8 Å². The van der Waals surface area contributed by atoms with Gasteiger partial charge in [0.15, 0.2) is 11.8 Å². The third-order valence-corrected chi connectivity index (χ3v) is 4.07. The topological polar surface area (TPSA) is 67.1 Å². The molecule has 128 valence electrons. The van der Waals surface area contributed by atoms with Crippen LogP contribution >= 0.6 is 35.7 Å². The Bertz CT molecular complexity index is 449. The van der Waals surface area contributed by atoms with E-state index in [9.17, 15) is 0 Å². The summed E-state index contributed by atoms with van der Waals surface area (Å²) in [5, 5.41) is 15.0. The summed E-state index contributed by atoms with van der Waals surface area (Å²) in [6, 6.07) is 0.401. The molecule has 0 aliphatic carbocycles. The first-order valence-corrected chi connectivity index (χ1v) is 8.86. The molecule has 0 aromatic carbocycles. The van der Waals surface area contributed by atoms with Crippen LogP contribution in [0.4, 0.5) is 0 Å². The predicted octanol–water partition coefficient (Wildman–Crippen LogP) is 2.33. The first-order chi connectivity index (χ1) is 10.1. The molecule has 1 atom stereocenters. The summed E-state index contributed by atoms with van der Waals surface area (Å²) >= 11 is 1.86. The fraction of sp³-hybridized carbons (Fsp3) is 0.786. The van der Waals surface area contributed by atoms with Gasteiger partial charge in [0.25, 0.3) is 0 Å². The number of halogens is 1. The van der Waals surface area contributed by atoms with Crippen molar-refractivity contribution in [1.29, 1.82) is 0 Å². The van der Waals surface area contributed by atoms with Gasteiger partial charge in [0, 0.05) is 19.6 Å². The molecule has 0 spiro atoms. The second kappa shape index (κ2) is 12.0. The molecule has 1 rings (SSSR count). The van der Waals surface area contributed by atoms with Crippen molar-refractivity contribution in [2.24, 2.45) is 12.0 Å². The zero-order valence-corrected chi connectivity index (χ0v) is 17.4. The predicted molar refractivity (Wildman–Crippen MR) is 106 cm³/mol. The van der Waals surface area contributed by atoms with Gasteiger partial charge >= 0.3 is 0 Å². The van der Waals surface area contributed by atoms with Crippen LogP contribution in [0.1, 0.15) is 38.3 Å². The zero-order chi connectivity index (χ0) is 15.7. The van der Waals surface area contributed by atoms with Crippen LogP contribution < -0.4 is 10.6 Å². The quantitative estimate of drug-likeness (QED) is 0.281. The summed E-state index contributed by atoms with van der Waals surface area (Å²) in [6.45, 7) is 7.73. The molecule has 0 saturated carbocycles. The Kier molecular flexibility index (Phi) is 11.7. The Morgan fingerprint density at radius 2 is 2.14 bits per heavy atom. The fourth-order valence-corrected chi connectivity index (χ4v) is 2.08. The third kappa shape index (κ3) is 7.66. The van der Waals surface area contributed by atoms with E-state index in [0.717, 1.165) is 42.7 Å². The van der Waals surface area contributed by atoms with Crippen LogP contribution in [-0.2, 0) is 13.6 Å². The van der Waals surface area contributed by atoms with Gasteiger partial charge in [-0.25, -0.2) is 4.99 Å². The van der Waals surface area contributed by atoms with E-state index in [1.165, 1.54) is 0 Å². The van der Waals surface area contributed by atoms with Crippen LogP contribution in [0.5, 0.6) is 0 Å². The van der Waals surface area contributed by atoms with Crippen molar-refractivity contribution in [2.45, 2.75) is 46.2 Å². The fourth-order valence-electron chi connectivity index (χ4n) is 1.65. The zero-order valence-electron chi connectivity index (χ0n) is 14.2. The lowest BCUT2D eigenvalue weighted by molar-refractivity contribution is 0.619. The molecule has 0 radical (unpaired) electrons. The maximum atomic E-state index is 4.62. The van der Waals surface area contributed by atoms with Gasteiger partial charge in [0.05, 0.1) is 0 Å². The number of nitrogens with zero attached hydrogens (tertiary/aromatic N) is 4. The smallest absolute Gasteiger partial charge is 0.191 e. The monoisotopic (exact) mass is 440 g/mol. The summed E-state index contributed by atoms with van der Waals surface area (Å²) in [6.07, 6.45) is 4.32. The van der Waals surface area contributed by atoms with Crippen LogP contribution in [0.2, 0.25) is 0 Å². The average molecular weight is 440 g/mol. The number of hydrogen-bond donors (Lipinski definition) is 2. The molecule has 0 fully saturated rings. The maximum absolute atomic E-state index is 4.62. The van der Waals surface area contributed by atoms with Crippen molar-refractivity contribution in [3.8, 4) is 0 Å². The Morgan fingerprint density at radius 3 is 2.68 bits per heavy atom. The second-order valence-corrected chi connectivity index (χ2v) is 6.10. The minimum atomic E-state index is 0. The summed E-state index contributed by atoms with van der Waals surface area (Å²) < 4.78 is 1.97. The lowest BCUT2D eigenvalue weighted by Gasteiger charge is -2.17. The molecule has 0 bridgehead atoms. The molecule has 0 aliphatic rings. The van der Waals surface area contributed by atoms with Crippen LogP contribution in [0.15, 0.2) is 4.99 Å². The van der Waals surface area contributed by atoms with E-state index in [-0.39, 0.29) is 24.0 Å². The first kappa shape index (κ1) is 21.5. The van der Waals surface area contributed by atoms with Crippen molar-refractivity contribution in [3.63, 3.8) is 0 Å². The molecule has 1 unspecified atom stereocenters. The Balaban J connectivity index is 0.00000441. The van der Waals surface area contributed by atoms with E-state index in [1.807, 2.05) is 30.3 Å². The largest absolute Gasteiger partial charge is 0.356 e. The maximum Gasteiger partial charge on any atom is 0.191 e. The minimum Gasteiger partial charge on any atom is -0.356 e. The van der Waals surface area contributed by atoms with E-state index < -0.39 is 0 Å². The van der Waals surface area contributed by atoms with Gasteiger partial charge in [-0.05, 0) is 38.7 Å². The molecule has 1 aromatic heterocycles. The van der Waals surface area contributed by atoms with Crippen molar-refractivity contribution in [2.75, 3.05) is 18.6 Å². The molecule has 1 aromatic rings. The number of nitrogens with one attached hydrogen (secondary N) is 2. The van der Waals surface area contributed by atoms with Crippen molar-refractivity contribution >= 4 is 41.7 Å². The van der Waals surface area contributed by atoms with E-state index in [0.29, 0.717) is 12.6 Å². The molecular formula is C14H29IN6S. The molecule has 6 nitrogen and oxygen atoms in total. The van der Waals surface area contributed by atoms with Gasteiger partial charge in [0.2, 0.25) is 0 Å². The molecule has 8 heteroatoms. The SMILES string of the molecule is CCC(C)NC(=NCc1nnc(C)n1C)NCCCSC.I. The van der Waals surface area contributed by atoms with Gasteiger partial charge in [-0.1, -0.05) is 6.92 Å². The summed E-state index contributed by atoms with van der Waals surface area (Å²) in [7, 11) is 1.97. The van der Waals surface area contributed by atoms with Gasteiger partial charge in [-0.3, -0.25) is 0 Å². The summed E-state index contributed by atoms with van der Waals surface area (Å²) in [5.74, 6) is 3.80. The van der Waals surface area contributed by atoms with Crippen molar-refractivity contribution in [3.05, 3.63) is 11.6 Å².